The van der Waals surface area contributed by atoms with Crippen LogP contribution in [0.5, 0.6) is 0 Å². The molecule has 1 aliphatic rings. The normalized spacial score (nSPS) is 14.9. The number of benzene rings is 2. The summed E-state index contributed by atoms with van der Waals surface area (Å²) in [7, 11) is 0. The predicted octanol–water partition coefficient (Wildman–Crippen LogP) is 1.96. The molecule has 8 heteroatoms. The van der Waals surface area contributed by atoms with Crippen LogP contribution >= 0.6 is 0 Å². The number of carbonyl (C=O) groups is 3. The Kier molecular flexibility index (Phi) is 6.66. The maximum Gasteiger partial charge on any atom is 0.312 e. The second-order valence-electron chi connectivity index (χ2n) is 7.29. The van der Waals surface area contributed by atoms with Crippen LogP contribution in [0, 0.1) is 5.82 Å². The summed E-state index contributed by atoms with van der Waals surface area (Å²) in [5, 5.41) is 2.54. The summed E-state index contributed by atoms with van der Waals surface area (Å²) in [5.41, 5.74) is 6.91. The molecular weight excluding hydrogens is 387 g/mol. The van der Waals surface area contributed by atoms with Crippen molar-refractivity contribution in [2.24, 2.45) is 5.73 Å². The minimum atomic E-state index is -0.761. The molecule has 3 N–H and O–H groups in total. The van der Waals surface area contributed by atoms with Gasteiger partial charge in [-0.2, -0.15) is 0 Å². The number of piperazine rings is 1. The van der Waals surface area contributed by atoms with Gasteiger partial charge in [0, 0.05) is 38.2 Å². The molecule has 1 heterocycles. The van der Waals surface area contributed by atoms with Crippen molar-refractivity contribution in [2.75, 3.05) is 31.1 Å². The number of hydrogen-bond acceptors (Lipinski definition) is 4. The van der Waals surface area contributed by atoms with Gasteiger partial charge in [-0.05, 0) is 30.7 Å². The fourth-order valence-corrected chi connectivity index (χ4v) is 3.59. The molecule has 0 aromatic heterocycles. The van der Waals surface area contributed by atoms with E-state index in [1.807, 2.05) is 35.2 Å². The quantitative estimate of drug-likeness (QED) is 0.709. The highest BCUT2D eigenvalue weighted by atomic mass is 19.1. The maximum absolute atomic E-state index is 14.4. The van der Waals surface area contributed by atoms with Crippen LogP contribution < -0.4 is 16.0 Å². The number of halogens is 1. The number of nitrogens with two attached hydrogens (primary N) is 1. The van der Waals surface area contributed by atoms with Gasteiger partial charge in [0.25, 0.3) is 0 Å². The zero-order chi connectivity index (χ0) is 21.7. The summed E-state index contributed by atoms with van der Waals surface area (Å²) < 4.78 is 14.4. The molecule has 1 atom stereocenters. The van der Waals surface area contributed by atoms with Crippen molar-refractivity contribution in [1.82, 2.24) is 10.2 Å². The third-order valence-electron chi connectivity index (χ3n) is 5.18. The number of anilines is 1. The molecule has 2 aromatic rings. The molecule has 30 heavy (non-hydrogen) atoms. The molecule has 2 aromatic carbocycles. The molecule has 0 unspecified atom stereocenters. The van der Waals surface area contributed by atoms with Gasteiger partial charge in [0.15, 0.2) is 5.78 Å². The summed E-state index contributed by atoms with van der Waals surface area (Å²) in [6.45, 7) is 3.05. The van der Waals surface area contributed by atoms with Crippen LogP contribution in [-0.2, 0) is 11.2 Å². The Morgan fingerprint density at radius 1 is 1.07 bits per heavy atom. The lowest BCUT2D eigenvalue weighted by atomic mass is 10.0. The molecule has 1 saturated heterocycles. The molecule has 7 nitrogen and oxygen atoms in total. The second kappa shape index (κ2) is 9.39. The van der Waals surface area contributed by atoms with Gasteiger partial charge in [-0.25, -0.2) is 9.18 Å². The Morgan fingerprint density at radius 3 is 2.30 bits per heavy atom. The topological polar surface area (TPSA) is 95.7 Å². The third kappa shape index (κ3) is 5.14. The average Bonchev–Trinajstić information content (AvgIpc) is 2.73. The van der Waals surface area contributed by atoms with Crippen molar-refractivity contribution in [3.8, 4) is 0 Å². The summed E-state index contributed by atoms with van der Waals surface area (Å²) in [6.07, 6.45) is 0.337. The summed E-state index contributed by atoms with van der Waals surface area (Å²) >= 11 is 0. The monoisotopic (exact) mass is 412 g/mol. The number of Topliss-reactive ketones (excluding diaryl/α,β-unsaturated/α-hetero) is 1. The highest BCUT2D eigenvalue weighted by Gasteiger charge is 2.29. The number of hydrogen-bond donors (Lipinski definition) is 2. The molecule has 0 saturated carbocycles. The smallest absolute Gasteiger partial charge is 0.312 e. The molecule has 3 rings (SSSR count). The van der Waals surface area contributed by atoms with E-state index < -0.39 is 17.9 Å². The van der Waals surface area contributed by atoms with Crippen molar-refractivity contribution in [2.45, 2.75) is 19.4 Å². The number of rotatable bonds is 6. The van der Waals surface area contributed by atoms with Crippen molar-refractivity contribution in [1.29, 1.82) is 0 Å². The first-order valence-electron chi connectivity index (χ1n) is 9.79. The van der Waals surface area contributed by atoms with Gasteiger partial charge in [0.05, 0.1) is 5.69 Å². The van der Waals surface area contributed by atoms with Crippen LogP contribution in [0.15, 0.2) is 48.5 Å². The number of urea groups is 1. The lowest BCUT2D eigenvalue weighted by molar-refractivity contribution is -0.133. The average molecular weight is 412 g/mol. The Hall–Kier alpha value is -3.42. The molecule has 0 bridgehead atoms. The number of carbonyl (C=O) groups excluding carboxylic acids is 3. The molecular formula is C22H25FN4O3. The molecule has 0 aliphatic carbocycles. The van der Waals surface area contributed by atoms with E-state index in [1.54, 1.807) is 17.0 Å². The van der Waals surface area contributed by atoms with Crippen molar-refractivity contribution >= 4 is 23.4 Å². The minimum absolute atomic E-state index is 0.192. The standard InChI is InChI=1S/C22H25FN4O3/c1-15(28)17-7-8-20(18(23)14-17)26-9-11-27(12-10-26)21(29)19(25-22(24)30)13-16-5-3-2-4-6-16/h2-8,14,19H,9-13H2,1H3,(H3,24,25,30)/t19-/m1/s1. The van der Waals surface area contributed by atoms with Crippen LogP contribution in [0.2, 0.25) is 0 Å². The lowest BCUT2D eigenvalue weighted by Gasteiger charge is -2.37. The van der Waals surface area contributed by atoms with Gasteiger partial charge in [0.2, 0.25) is 5.91 Å². The van der Waals surface area contributed by atoms with Gasteiger partial charge in [0.1, 0.15) is 11.9 Å². The number of nitrogens with zero attached hydrogens (tertiary/aromatic N) is 2. The summed E-state index contributed by atoms with van der Waals surface area (Å²) in [6, 6.07) is 12.3. The molecule has 1 aliphatic heterocycles. The highest BCUT2D eigenvalue weighted by molar-refractivity contribution is 5.94. The fraction of sp³-hybridized carbons (Fsp3) is 0.318. The van der Waals surface area contributed by atoms with Crippen molar-refractivity contribution in [3.05, 3.63) is 65.5 Å². The molecule has 3 amide bonds. The van der Waals surface area contributed by atoms with E-state index in [0.29, 0.717) is 43.9 Å². The van der Waals surface area contributed by atoms with Crippen LogP contribution in [0.1, 0.15) is 22.8 Å². The van der Waals surface area contributed by atoms with Crippen LogP contribution in [0.25, 0.3) is 0 Å². The zero-order valence-electron chi connectivity index (χ0n) is 16.8. The van der Waals surface area contributed by atoms with Crippen molar-refractivity contribution in [3.63, 3.8) is 0 Å². The number of ketones is 1. The van der Waals surface area contributed by atoms with Gasteiger partial charge in [-0.1, -0.05) is 30.3 Å². The molecule has 0 spiro atoms. The summed E-state index contributed by atoms with van der Waals surface area (Å²) in [4.78, 5) is 39.3. The lowest BCUT2D eigenvalue weighted by Crippen LogP contribution is -2.56. The van der Waals surface area contributed by atoms with Gasteiger partial charge >= 0.3 is 6.03 Å². The Bertz CT molecular complexity index is 927. The Morgan fingerprint density at radius 2 is 1.73 bits per heavy atom. The Labute approximate surface area is 174 Å². The largest absolute Gasteiger partial charge is 0.366 e. The molecule has 158 valence electrons. The van der Waals surface area contributed by atoms with E-state index in [4.69, 9.17) is 5.73 Å². The zero-order valence-corrected chi connectivity index (χ0v) is 16.8. The maximum atomic E-state index is 14.4. The Balaban J connectivity index is 1.65. The highest BCUT2D eigenvalue weighted by Crippen LogP contribution is 2.22. The van der Waals surface area contributed by atoms with Gasteiger partial charge in [-0.15, -0.1) is 0 Å². The van der Waals surface area contributed by atoms with Crippen molar-refractivity contribution < 1.29 is 18.8 Å². The molecule has 1 fully saturated rings. The summed E-state index contributed by atoms with van der Waals surface area (Å²) in [5.74, 6) is -0.869. The third-order valence-corrected chi connectivity index (χ3v) is 5.18. The number of nitrogens with one attached hydrogen (secondary N) is 1. The van der Waals surface area contributed by atoms with Gasteiger partial charge < -0.3 is 20.9 Å². The fourth-order valence-electron chi connectivity index (χ4n) is 3.59. The van der Waals surface area contributed by atoms with E-state index >= 15 is 0 Å². The van der Waals surface area contributed by atoms with E-state index in [9.17, 15) is 18.8 Å². The first-order valence-corrected chi connectivity index (χ1v) is 9.79. The van der Waals surface area contributed by atoms with Crippen LogP contribution in [0.4, 0.5) is 14.9 Å². The second-order valence-corrected chi connectivity index (χ2v) is 7.29. The first kappa shape index (κ1) is 21.3. The SMILES string of the molecule is CC(=O)c1ccc(N2CCN(C(=O)[C@@H](Cc3ccccc3)NC(N)=O)CC2)c(F)c1. The van der Waals surface area contributed by atoms with E-state index in [2.05, 4.69) is 5.32 Å². The number of amides is 3. The number of primary amides is 1. The van der Waals surface area contributed by atoms with Crippen LogP contribution in [-0.4, -0.2) is 54.8 Å². The van der Waals surface area contributed by atoms with Crippen LogP contribution in [0.3, 0.4) is 0 Å². The minimum Gasteiger partial charge on any atom is -0.366 e. The van der Waals surface area contributed by atoms with E-state index in [1.165, 1.54) is 13.0 Å². The van der Waals surface area contributed by atoms with E-state index in [-0.39, 0.29) is 11.7 Å². The molecule has 0 radical (unpaired) electrons. The predicted molar refractivity (Wildman–Crippen MR) is 112 cm³/mol. The first-order chi connectivity index (χ1) is 14.3. The van der Waals surface area contributed by atoms with E-state index in [0.717, 1.165) is 5.56 Å². The van der Waals surface area contributed by atoms with Gasteiger partial charge in [-0.3, -0.25) is 9.59 Å².